The lowest BCUT2D eigenvalue weighted by molar-refractivity contribution is -0.115. The Morgan fingerprint density at radius 1 is 1.20 bits per heavy atom. The average Bonchev–Trinajstić information content (AvgIpc) is 3.15. The van der Waals surface area contributed by atoms with Gasteiger partial charge in [-0.1, -0.05) is 23.0 Å². The summed E-state index contributed by atoms with van der Waals surface area (Å²) in [5, 5.41) is 18.4. The van der Waals surface area contributed by atoms with Gasteiger partial charge in [-0.3, -0.25) is 4.79 Å². The fourth-order valence-corrected chi connectivity index (χ4v) is 3.16. The quantitative estimate of drug-likeness (QED) is 0.700. The van der Waals surface area contributed by atoms with Crippen LogP contribution in [-0.2, 0) is 4.79 Å². The minimum absolute atomic E-state index is 0.201. The second-order valence-electron chi connectivity index (χ2n) is 5.79. The van der Waals surface area contributed by atoms with Crippen molar-refractivity contribution in [2.24, 2.45) is 0 Å². The van der Waals surface area contributed by atoms with Gasteiger partial charge in [-0.25, -0.2) is 0 Å². The van der Waals surface area contributed by atoms with Crippen molar-refractivity contribution in [3.8, 4) is 5.69 Å². The van der Waals surface area contributed by atoms with Crippen LogP contribution in [-0.4, -0.2) is 36.5 Å². The minimum Gasteiger partial charge on any atom is -0.360 e. The number of anilines is 1. The topological polar surface area (TPSA) is 98.7 Å². The van der Waals surface area contributed by atoms with E-state index in [1.54, 1.807) is 24.6 Å². The van der Waals surface area contributed by atoms with Crippen molar-refractivity contribution < 1.29 is 9.32 Å². The maximum atomic E-state index is 12.3. The van der Waals surface area contributed by atoms with Crippen LogP contribution < -0.4 is 5.32 Å². The van der Waals surface area contributed by atoms with Crippen molar-refractivity contribution >= 4 is 23.5 Å². The van der Waals surface area contributed by atoms with E-state index in [1.165, 1.54) is 11.8 Å². The van der Waals surface area contributed by atoms with Crippen LogP contribution in [0.4, 0.5) is 5.82 Å². The number of hydrogen-bond acceptors (Lipinski definition) is 7. The number of benzene rings is 1. The number of tetrazole rings is 1. The van der Waals surface area contributed by atoms with Crippen LogP contribution in [0.5, 0.6) is 0 Å². The first-order valence-electron chi connectivity index (χ1n) is 7.70. The highest BCUT2D eigenvalue weighted by Crippen LogP contribution is 2.24. The van der Waals surface area contributed by atoms with Gasteiger partial charge in [-0.2, -0.15) is 4.68 Å². The van der Waals surface area contributed by atoms with E-state index >= 15 is 0 Å². The predicted octanol–water partition coefficient (Wildman–Crippen LogP) is 2.69. The summed E-state index contributed by atoms with van der Waals surface area (Å²) in [7, 11) is 0. The Morgan fingerprint density at radius 2 is 1.92 bits per heavy atom. The summed E-state index contributed by atoms with van der Waals surface area (Å²) >= 11 is 1.27. The summed E-state index contributed by atoms with van der Waals surface area (Å²) in [6.07, 6.45) is 0. The van der Waals surface area contributed by atoms with Crippen molar-refractivity contribution in [2.45, 2.75) is 38.1 Å². The zero-order valence-corrected chi connectivity index (χ0v) is 15.2. The van der Waals surface area contributed by atoms with Gasteiger partial charge >= 0.3 is 0 Å². The van der Waals surface area contributed by atoms with E-state index in [9.17, 15) is 4.79 Å². The number of nitrogens with zero attached hydrogens (tertiary/aromatic N) is 5. The summed E-state index contributed by atoms with van der Waals surface area (Å²) in [5.74, 6) is 0.825. The van der Waals surface area contributed by atoms with Crippen molar-refractivity contribution in [3.63, 3.8) is 0 Å². The van der Waals surface area contributed by atoms with Crippen LogP contribution in [0, 0.1) is 20.8 Å². The van der Waals surface area contributed by atoms with Crippen molar-refractivity contribution in [2.75, 3.05) is 5.32 Å². The van der Waals surface area contributed by atoms with Crippen LogP contribution in [0.2, 0.25) is 0 Å². The molecule has 0 bridgehead atoms. The van der Waals surface area contributed by atoms with Crippen LogP contribution in [0.3, 0.4) is 0 Å². The summed E-state index contributed by atoms with van der Waals surface area (Å²) in [6, 6.07) is 7.73. The first-order valence-corrected chi connectivity index (χ1v) is 8.58. The molecule has 1 aromatic carbocycles. The van der Waals surface area contributed by atoms with Crippen molar-refractivity contribution in [1.82, 2.24) is 25.4 Å². The highest BCUT2D eigenvalue weighted by molar-refractivity contribution is 8.00. The third-order valence-corrected chi connectivity index (χ3v) is 4.46. The molecule has 0 saturated carbocycles. The van der Waals surface area contributed by atoms with E-state index in [0.717, 1.165) is 16.8 Å². The Morgan fingerprint density at radius 3 is 2.56 bits per heavy atom. The normalized spacial score (nSPS) is 12.2. The lowest BCUT2D eigenvalue weighted by atomic mass is 10.1. The highest BCUT2D eigenvalue weighted by atomic mass is 32.2. The lowest BCUT2D eigenvalue weighted by Gasteiger charge is -2.11. The molecule has 1 N–H and O–H groups in total. The Balaban J connectivity index is 1.75. The van der Waals surface area contributed by atoms with Crippen LogP contribution in [0.1, 0.15) is 23.8 Å². The molecule has 0 spiro atoms. The Bertz CT molecular complexity index is 883. The number of carbonyl (C=O) groups is 1. The van der Waals surface area contributed by atoms with E-state index < -0.39 is 5.25 Å². The van der Waals surface area contributed by atoms with Gasteiger partial charge in [0.2, 0.25) is 11.1 Å². The Hall–Kier alpha value is -2.68. The third kappa shape index (κ3) is 4.05. The first kappa shape index (κ1) is 17.2. The fourth-order valence-electron chi connectivity index (χ4n) is 2.35. The van der Waals surface area contributed by atoms with E-state index in [0.29, 0.717) is 16.7 Å². The summed E-state index contributed by atoms with van der Waals surface area (Å²) < 4.78 is 6.58. The third-order valence-electron chi connectivity index (χ3n) is 3.42. The molecule has 130 valence electrons. The molecule has 25 heavy (non-hydrogen) atoms. The molecule has 0 aliphatic carbocycles. The molecule has 3 aromatic rings. The number of nitrogens with one attached hydrogen (secondary N) is 1. The van der Waals surface area contributed by atoms with Gasteiger partial charge < -0.3 is 9.84 Å². The van der Waals surface area contributed by atoms with Crippen LogP contribution in [0.25, 0.3) is 5.69 Å². The zero-order chi connectivity index (χ0) is 18.0. The standard InChI is InChI=1S/C16H18N6O2S/c1-9-5-10(2)7-13(6-9)22-16(18-20-21-22)25-12(4)15(23)17-14-8-11(3)24-19-14/h5-8,12H,1-4H3,(H,17,19,23)/t12-/m1/s1. The molecule has 8 nitrogen and oxygen atoms in total. The van der Waals surface area contributed by atoms with E-state index in [2.05, 4.69) is 32.1 Å². The smallest absolute Gasteiger partial charge is 0.238 e. The molecule has 3 rings (SSSR count). The molecular formula is C16H18N6O2S. The fraction of sp³-hybridized carbons (Fsp3) is 0.312. The molecule has 2 aromatic heterocycles. The van der Waals surface area contributed by atoms with Gasteiger partial charge in [0.1, 0.15) is 5.76 Å². The summed E-state index contributed by atoms with van der Waals surface area (Å²) in [6.45, 7) is 7.58. The number of thioether (sulfide) groups is 1. The van der Waals surface area contributed by atoms with E-state index in [-0.39, 0.29) is 5.91 Å². The Labute approximate surface area is 149 Å². The van der Waals surface area contributed by atoms with Gasteiger partial charge in [0.15, 0.2) is 5.82 Å². The SMILES string of the molecule is Cc1cc(C)cc(-n2nnnc2S[C@H](C)C(=O)Nc2cc(C)on2)c1. The van der Waals surface area contributed by atoms with Gasteiger partial charge in [0.25, 0.3) is 0 Å². The maximum Gasteiger partial charge on any atom is 0.238 e. The first-order chi connectivity index (χ1) is 11.9. The van der Waals surface area contributed by atoms with E-state index in [4.69, 9.17) is 4.52 Å². The summed E-state index contributed by atoms with van der Waals surface area (Å²) in [4.78, 5) is 12.3. The second-order valence-corrected chi connectivity index (χ2v) is 7.10. The Kier molecular flexibility index (Phi) is 4.84. The molecule has 0 aliphatic heterocycles. The molecule has 0 radical (unpaired) electrons. The van der Waals surface area contributed by atoms with Crippen LogP contribution >= 0.6 is 11.8 Å². The molecule has 1 atom stereocenters. The number of aryl methyl sites for hydroxylation is 3. The number of carbonyl (C=O) groups excluding carboxylic acids is 1. The molecule has 0 saturated heterocycles. The minimum atomic E-state index is -0.410. The summed E-state index contributed by atoms with van der Waals surface area (Å²) in [5.41, 5.74) is 3.10. The molecule has 9 heteroatoms. The average molecular weight is 358 g/mol. The van der Waals surface area contributed by atoms with Crippen molar-refractivity contribution in [3.05, 3.63) is 41.2 Å². The maximum absolute atomic E-state index is 12.3. The number of amides is 1. The monoisotopic (exact) mass is 358 g/mol. The van der Waals surface area contributed by atoms with Crippen LogP contribution in [0.15, 0.2) is 33.9 Å². The van der Waals surface area contributed by atoms with Gasteiger partial charge in [-0.15, -0.1) is 5.10 Å². The van der Waals surface area contributed by atoms with Crippen molar-refractivity contribution in [1.29, 1.82) is 0 Å². The number of hydrogen-bond donors (Lipinski definition) is 1. The molecule has 0 fully saturated rings. The van der Waals surface area contributed by atoms with Gasteiger partial charge in [-0.05, 0) is 61.4 Å². The molecule has 0 aliphatic rings. The number of rotatable bonds is 5. The molecule has 2 heterocycles. The second kappa shape index (κ2) is 7.06. The molecule has 1 amide bonds. The number of aromatic nitrogens is 5. The largest absolute Gasteiger partial charge is 0.360 e. The highest BCUT2D eigenvalue weighted by Gasteiger charge is 2.20. The molecule has 0 unspecified atom stereocenters. The van der Waals surface area contributed by atoms with Gasteiger partial charge in [0, 0.05) is 6.07 Å². The lowest BCUT2D eigenvalue weighted by Crippen LogP contribution is -2.23. The zero-order valence-electron chi connectivity index (χ0n) is 14.3. The van der Waals surface area contributed by atoms with Gasteiger partial charge in [0.05, 0.1) is 10.9 Å². The molecular weight excluding hydrogens is 340 g/mol. The van der Waals surface area contributed by atoms with E-state index in [1.807, 2.05) is 26.0 Å². The predicted molar refractivity (Wildman–Crippen MR) is 93.8 cm³/mol.